The fourth-order valence-electron chi connectivity index (χ4n) is 3.03. The number of benzene rings is 1. The van der Waals surface area contributed by atoms with Gasteiger partial charge < -0.3 is 9.42 Å². The number of carbonyl (C=O) groups excluding carboxylic acids is 1. The van der Waals surface area contributed by atoms with Crippen LogP contribution in [0.4, 0.5) is 0 Å². The smallest absolute Gasteiger partial charge is 0.246 e. The Morgan fingerprint density at radius 2 is 1.80 bits per heavy atom. The van der Waals surface area contributed by atoms with Gasteiger partial charge in [0.25, 0.3) is 0 Å². The fourth-order valence-corrected chi connectivity index (χ4v) is 3.03. The van der Waals surface area contributed by atoms with Crippen LogP contribution in [-0.2, 0) is 11.3 Å². The lowest BCUT2D eigenvalue weighted by Crippen LogP contribution is -2.47. The molecule has 1 saturated heterocycles. The van der Waals surface area contributed by atoms with Crippen molar-refractivity contribution in [1.82, 2.24) is 15.0 Å². The third-order valence-electron chi connectivity index (χ3n) is 4.74. The van der Waals surface area contributed by atoms with E-state index < -0.39 is 0 Å². The molecule has 1 fully saturated rings. The van der Waals surface area contributed by atoms with Crippen molar-refractivity contribution in [1.29, 1.82) is 0 Å². The summed E-state index contributed by atoms with van der Waals surface area (Å²) in [6, 6.07) is 8.16. The molecule has 2 heterocycles. The van der Waals surface area contributed by atoms with Crippen molar-refractivity contribution in [2.24, 2.45) is 0 Å². The van der Waals surface area contributed by atoms with Crippen LogP contribution in [0.5, 0.6) is 0 Å². The van der Waals surface area contributed by atoms with Crippen molar-refractivity contribution in [3.05, 3.63) is 58.5 Å². The third-order valence-corrected chi connectivity index (χ3v) is 4.74. The standard InChI is InChI=1S/C20H25N3O2/c1-15-4-6-18(7-5-15)8-9-20(24)23-12-10-22(11-13-23)14-19-16(2)21-25-17(19)3/h4-9H,10-14H2,1-3H3/b9-8-. The summed E-state index contributed by atoms with van der Waals surface area (Å²) >= 11 is 0. The highest BCUT2D eigenvalue weighted by atomic mass is 16.5. The van der Waals surface area contributed by atoms with E-state index in [4.69, 9.17) is 4.52 Å². The maximum Gasteiger partial charge on any atom is 0.246 e. The van der Waals surface area contributed by atoms with Gasteiger partial charge in [-0.15, -0.1) is 0 Å². The predicted octanol–water partition coefficient (Wildman–Crippen LogP) is 2.96. The van der Waals surface area contributed by atoms with Crippen molar-refractivity contribution in [3.63, 3.8) is 0 Å². The number of rotatable bonds is 4. The SMILES string of the molecule is Cc1ccc(/C=C\C(=O)N2CCN(Cc3c(C)noc3C)CC2)cc1. The number of hydrogen-bond donors (Lipinski definition) is 0. The largest absolute Gasteiger partial charge is 0.361 e. The molecule has 0 radical (unpaired) electrons. The normalized spacial score (nSPS) is 15.9. The van der Waals surface area contributed by atoms with E-state index >= 15 is 0 Å². The van der Waals surface area contributed by atoms with Crippen LogP contribution < -0.4 is 0 Å². The van der Waals surface area contributed by atoms with Crippen LogP contribution >= 0.6 is 0 Å². The van der Waals surface area contributed by atoms with Gasteiger partial charge >= 0.3 is 0 Å². The van der Waals surface area contributed by atoms with Crippen LogP contribution in [0, 0.1) is 20.8 Å². The predicted molar refractivity (Wildman–Crippen MR) is 98.0 cm³/mol. The van der Waals surface area contributed by atoms with E-state index in [2.05, 4.69) is 29.1 Å². The summed E-state index contributed by atoms with van der Waals surface area (Å²) in [6.07, 6.45) is 3.56. The van der Waals surface area contributed by atoms with Gasteiger partial charge in [-0.05, 0) is 32.4 Å². The quantitative estimate of drug-likeness (QED) is 0.804. The van der Waals surface area contributed by atoms with E-state index in [-0.39, 0.29) is 5.91 Å². The number of amides is 1. The molecule has 1 amide bonds. The van der Waals surface area contributed by atoms with Crippen molar-refractivity contribution in [2.75, 3.05) is 26.2 Å². The first-order chi connectivity index (χ1) is 12.0. The first-order valence-corrected chi connectivity index (χ1v) is 8.70. The van der Waals surface area contributed by atoms with Gasteiger partial charge in [-0.1, -0.05) is 35.0 Å². The maximum absolute atomic E-state index is 12.4. The number of hydrogen-bond acceptors (Lipinski definition) is 4. The van der Waals surface area contributed by atoms with Crippen molar-refractivity contribution in [3.8, 4) is 0 Å². The first-order valence-electron chi connectivity index (χ1n) is 8.70. The molecule has 0 N–H and O–H groups in total. The summed E-state index contributed by atoms with van der Waals surface area (Å²) in [6.45, 7) is 10.1. The van der Waals surface area contributed by atoms with Crippen LogP contribution in [0.2, 0.25) is 0 Å². The van der Waals surface area contributed by atoms with Crippen LogP contribution in [0.3, 0.4) is 0 Å². The molecular formula is C20H25N3O2. The van der Waals surface area contributed by atoms with Gasteiger partial charge in [-0.2, -0.15) is 0 Å². The fraction of sp³-hybridized carbons (Fsp3) is 0.400. The zero-order valence-electron chi connectivity index (χ0n) is 15.2. The molecule has 1 aromatic heterocycles. The molecule has 5 heteroatoms. The summed E-state index contributed by atoms with van der Waals surface area (Å²) in [5.41, 5.74) is 4.39. The average molecular weight is 339 g/mol. The Labute approximate surface area is 148 Å². The second kappa shape index (κ2) is 7.66. The Hall–Kier alpha value is -2.40. The summed E-state index contributed by atoms with van der Waals surface area (Å²) in [4.78, 5) is 16.6. The van der Waals surface area contributed by atoms with Crippen LogP contribution in [0.15, 0.2) is 34.9 Å². The van der Waals surface area contributed by atoms with Gasteiger partial charge in [0.15, 0.2) is 0 Å². The molecule has 3 rings (SSSR count). The van der Waals surface area contributed by atoms with E-state index in [1.54, 1.807) is 6.08 Å². The summed E-state index contributed by atoms with van der Waals surface area (Å²) in [7, 11) is 0. The van der Waals surface area contributed by atoms with E-state index in [1.165, 1.54) is 11.1 Å². The number of aromatic nitrogens is 1. The van der Waals surface area contributed by atoms with Crippen LogP contribution in [0.25, 0.3) is 6.08 Å². The molecule has 1 aromatic carbocycles. The molecule has 0 saturated carbocycles. The second-order valence-corrected chi connectivity index (χ2v) is 6.65. The highest BCUT2D eigenvalue weighted by molar-refractivity contribution is 5.91. The van der Waals surface area contributed by atoms with Gasteiger partial charge in [0, 0.05) is 44.4 Å². The molecule has 0 aliphatic carbocycles. The minimum absolute atomic E-state index is 0.0811. The number of carbonyl (C=O) groups is 1. The van der Waals surface area contributed by atoms with Gasteiger partial charge in [0.1, 0.15) is 5.76 Å². The molecule has 0 atom stereocenters. The maximum atomic E-state index is 12.4. The van der Waals surface area contributed by atoms with Gasteiger partial charge in [0.2, 0.25) is 5.91 Å². The molecule has 5 nitrogen and oxygen atoms in total. The third kappa shape index (κ3) is 4.37. The first kappa shape index (κ1) is 17.4. The monoisotopic (exact) mass is 339 g/mol. The zero-order chi connectivity index (χ0) is 17.8. The number of aryl methyl sites for hydroxylation is 3. The highest BCUT2D eigenvalue weighted by Crippen LogP contribution is 2.16. The Balaban J connectivity index is 1.51. The molecule has 132 valence electrons. The lowest BCUT2D eigenvalue weighted by Gasteiger charge is -2.34. The molecular weight excluding hydrogens is 314 g/mol. The van der Waals surface area contributed by atoms with E-state index in [0.717, 1.165) is 49.7 Å². The molecule has 2 aromatic rings. The lowest BCUT2D eigenvalue weighted by molar-refractivity contribution is -0.127. The van der Waals surface area contributed by atoms with Crippen molar-refractivity contribution in [2.45, 2.75) is 27.3 Å². The Morgan fingerprint density at radius 1 is 1.12 bits per heavy atom. The average Bonchev–Trinajstić information content (AvgIpc) is 2.93. The Kier molecular flexibility index (Phi) is 5.34. The molecule has 0 spiro atoms. The zero-order valence-corrected chi connectivity index (χ0v) is 15.2. The van der Waals surface area contributed by atoms with Gasteiger partial charge in [-0.3, -0.25) is 9.69 Å². The van der Waals surface area contributed by atoms with Gasteiger partial charge in [0.05, 0.1) is 5.69 Å². The minimum Gasteiger partial charge on any atom is -0.361 e. The van der Waals surface area contributed by atoms with E-state index in [9.17, 15) is 4.79 Å². The van der Waals surface area contributed by atoms with E-state index in [0.29, 0.717) is 0 Å². The van der Waals surface area contributed by atoms with E-state index in [1.807, 2.05) is 37.0 Å². The topological polar surface area (TPSA) is 49.6 Å². The minimum atomic E-state index is 0.0811. The molecule has 0 unspecified atom stereocenters. The molecule has 1 aliphatic heterocycles. The molecule has 0 bridgehead atoms. The lowest BCUT2D eigenvalue weighted by atomic mass is 10.1. The number of nitrogens with zero attached hydrogens (tertiary/aromatic N) is 3. The second-order valence-electron chi connectivity index (χ2n) is 6.65. The Morgan fingerprint density at radius 3 is 2.40 bits per heavy atom. The summed E-state index contributed by atoms with van der Waals surface area (Å²) in [5.74, 6) is 0.967. The van der Waals surface area contributed by atoms with Crippen LogP contribution in [0.1, 0.15) is 28.1 Å². The van der Waals surface area contributed by atoms with Crippen molar-refractivity contribution < 1.29 is 9.32 Å². The van der Waals surface area contributed by atoms with Crippen LogP contribution in [-0.4, -0.2) is 47.0 Å². The molecule has 25 heavy (non-hydrogen) atoms. The van der Waals surface area contributed by atoms with Gasteiger partial charge in [-0.25, -0.2) is 0 Å². The molecule has 1 aliphatic rings. The highest BCUT2D eigenvalue weighted by Gasteiger charge is 2.21. The summed E-state index contributed by atoms with van der Waals surface area (Å²) < 4.78 is 5.23. The Bertz CT molecular complexity index is 734. The van der Waals surface area contributed by atoms with Crippen molar-refractivity contribution >= 4 is 12.0 Å². The summed E-state index contributed by atoms with van der Waals surface area (Å²) in [5, 5.41) is 4.01. The number of piperazine rings is 1.